The van der Waals surface area contributed by atoms with E-state index in [-0.39, 0.29) is 18.5 Å². The van der Waals surface area contributed by atoms with E-state index in [4.69, 9.17) is 4.74 Å². The van der Waals surface area contributed by atoms with Crippen molar-refractivity contribution >= 4 is 28.2 Å². The number of anilines is 1. The summed E-state index contributed by atoms with van der Waals surface area (Å²) in [5.41, 5.74) is 1.69. The van der Waals surface area contributed by atoms with E-state index in [0.717, 1.165) is 44.1 Å². The topological polar surface area (TPSA) is 79.2 Å². The number of nitrogens with zero attached hydrogens (tertiary/aromatic N) is 1. The number of thiophene rings is 1. The third-order valence-corrected chi connectivity index (χ3v) is 6.54. The van der Waals surface area contributed by atoms with E-state index in [1.165, 1.54) is 41.9 Å². The first kappa shape index (κ1) is 18.9. The molecule has 0 aromatic carbocycles. The van der Waals surface area contributed by atoms with Crippen LogP contribution in [0.25, 0.3) is 0 Å². The largest absolute Gasteiger partial charge is 0.456 e. The minimum Gasteiger partial charge on any atom is -0.456 e. The fourth-order valence-corrected chi connectivity index (χ4v) is 5.20. The van der Waals surface area contributed by atoms with Gasteiger partial charge in [-0.1, -0.05) is 25.7 Å². The number of hydrogen-bond acceptors (Lipinski definition) is 5. The van der Waals surface area contributed by atoms with Crippen molar-refractivity contribution < 1.29 is 14.3 Å². The maximum absolute atomic E-state index is 12.2. The predicted octanol–water partition coefficient (Wildman–Crippen LogP) is 4.34. The number of rotatable bonds is 5. The summed E-state index contributed by atoms with van der Waals surface area (Å²) < 4.78 is 5.15. The lowest BCUT2D eigenvalue weighted by atomic mass is 9.87. The molecule has 0 unspecified atom stereocenters. The van der Waals surface area contributed by atoms with Crippen molar-refractivity contribution in [2.45, 2.75) is 70.6 Å². The molecule has 0 bridgehead atoms. The first-order chi connectivity index (χ1) is 12.7. The highest BCUT2D eigenvalue weighted by Gasteiger charge is 2.22. The van der Waals surface area contributed by atoms with E-state index in [9.17, 15) is 14.9 Å². The third-order valence-electron chi connectivity index (χ3n) is 5.33. The fourth-order valence-electron chi connectivity index (χ4n) is 3.94. The lowest BCUT2D eigenvalue weighted by molar-refractivity contribution is -0.148. The molecule has 1 aromatic heterocycles. The van der Waals surface area contributed by atoms with Gasteiger partial charge in [-0.05, 0) is 50.0 Å². The molecule has 1 amide bonds. The molecule has 0 radical (unpaired) electrons. The lowest BCUT2D eigenvalue weighted by Gasteiger charge is -2.20. The van der Waals surface area contributed by atoms with Gasteiger partial charge in [-0.2, -0.15) is 5.26 Å². The highest BCUT2D eigenvalue weighted by atomic mass is 32.1. The van der Waals surface area contributed by atoms with Crippen LogP contribution in [0.4, 0.5) is 5.00 Å². The predicted molar refractivity (Wildman–Crippen MR) is 101 cm³/mol. The van der Waals surface area contributed by atoms with Crippen LogP contribution < -0.4 is 5.32 Å². The Bertz CT molecular complexity index is 699. The van der Waals surface area contributed by atoms with Crippen molar-refractivity contribution in [1.82, 2.24) is 0 Å². The molecule has 2 aliphatic rings. The molecule has 26 heavy (non-hydrogen) atoms. The van der Waals surface area contributed by atoms with Crippen LogP contribution in [-0.2, 0) is 27.2 Å². The van der Waals surface area contributed by atoms with E-state index in [1.54, 1.807) is 0 Å². The van der Waals surface area contributed by atoms with Crippen LogP contribution in [0.1, 0.15) is 73.8 Å². The highest BCUT2D eigenvalue weighted by molar-refractivity contribution is 7.16. The molecule has 5 nitrogen and oxygen atoms in total. The monoisotopic (exact) mass is 374 g/mol. The molecule has 1 fully saturated rings. The maximum Gasteiger partial charge on any atom is 0.306 e. The van der Waals surface area contributed by atoms with Crippen LogP contribution in [0.5, 0.6) is 0 Å². The van der Waals surface area contributed by atoms with Crippen LogP contribution >= 0.6 is 11.3 Å². The molecule has 0 spiro atoms. The van der Waals surface area contributed by atoms with Gasteiger partial charge in [0.15, 0.2) is 6.61 Å². The average molecular weight is 375 g/mol. The Morgan fingerprint density at radius 3 is 2.62 bits per heavy atom. The number of ether oxygens (including phenoxy) is 1. The molecule has 3 rings (SSSR count). The van der Waals surface area contributed by atoms with Crippen molar-refractivity contribution in [3.05, 3.63) is 16.0 Å². The van der Waals surface area contributed by atoms with E-state index in [2.05, 4.69) is 11.4 Å². The summed E-state index contributed by atoms with van der Waals surface area (Å²) in [5, 5.41) is 12.9. The Labute approximate surface area is 158 Å². The van der Waals surface area contributed by atoms with Gasteiger partial charge in [-0.25, -0.2) is 0 Å². The number of amides is 1. The van der Waals surface area contributed by atoms with Gasteiger partial charge in [-0.15, -0.1) is 11.3 Å². The van der Waals surface area contributed by atoms with Crippen molar-refractivity contribution in [3.63, 3.8) is 0 Å². The van der Waals surface area contributed by atoms with E-state index in [0.29, 0.717) is 22.9 Å². The summed E-state index contributed by atoms with van der Waals surface area (Å²) in [4.78, 5) is 25.3. The average Bonchev–Trinajstić information content (AvgIpc) is 2.80. The summed E-state index contributed by atoms with van der Waals surface area (Å²) in [5.74, 6) is -0.262. The summed E-state index contributed by atoms with van der Waals surface area (Å²) in [7, 11) is 0. The normalized spacial score (nSPS) is 17.7. The van der Waals surface area contributed by atoms with Gasteiger partial charge in [0, 0.05) is 11.3 Å². The van der Waals surface area contributed by atoms with E-state index < -0.39 is 0 Å². The number of hydrogen-bond donors (Lipinski definition) is 1. The Kier molecular flexibility index (Phi) is 6.67. The molecule has 0 aliphatic heterocycles. The third kappa shape index (κ3) is 4.85. The summed E-state index contributed by atoms with van der Waals surface area (Å²) in [6, 6.07) is 2.24. The van der Waals surface area contributed by atoms with Gasteiger partial charge in [0.25, 0.3) is 5.91 Å². The standard InChI is InChI=1S/C20H26N2O3S/c21-12-16-15-9-5-2-6-10-17(15)26-20(16)22-18(23)13-25-19(24)11-14-7-3-1-4-8-14/h14H,1-11,13H2,(H,22,23). The number of fused-ring (bicyclic) bond motifs is 1. The fraction of sp³-hybridized carbons (Fsp3) is 0.650. The summed E-state index contributed by atoms with van der Waals surface area (Å²) >= 11 is 1.50. The van der Waals surface area contributed by atoms with Crippen LogP contribution in [0, 0.1) is 17.2 Å². The molecule has 1 aromatic rings. The van der Waals surface area contributed by atoms with Crippen LogP contribution in [0.2, 0.25) is 0 Å². The quantitative estimate of drug-likeness (QED) is 0.614. The first-order valence-corrected chi connectivity index (χ1v) is 10.5. The van der Waals surface area contributed by atoms with Crippen LogP contribution in [0.15, 0.2) is 0 Å². The number of nitriles is 1. The molecule has 6 heteroatoms. The summed E-state index contributed by atoms with van der Waals surface area (Å²) in [6.45, 7) is -0.279. The van der Waals surface area contributed by atoms with Gasteiger partial charge in [0.2, 0.25) is 0 Å². The summed E-state index contributed by atoms with van der Waals surface area (Å²) in [6.07, 6.45) is 11.4. The number of carbonyl (C=O) groups excluding carboxylic acids is 2. The molecule has 1 heterocycles. The highest BCUT2D eigenvalue weighted by Crippen LogP contribution is 2.37. The second kappa shape index (κ2) is 9.18. The Balaban J connectivity index is 1.52. The molecule has 0 atom stereocenters. The Morgan fingerprint density at radius 1 is 1.12 bits per heavy atom. The molecule has 0 saturated heterocycles. The minimum absolute atomic E-state index is 0.279. The van der Waals surface area contributed by atoms with Crippen molar-refractivity contribution in [3.8, 4) is 6.07 Å². The van der Waals surface area contributed by atoms with Gasteiger partial charge >= 0.3 is 5.97 Å². The SMILES string of the molecule is N#Cc1c(NC(=O)COC(=O)CC2CCCCC2)sc2c1CCCCC2. The lowest BCUT2D eigenvalue weighted by Crippen LogP contribution is -2.22. The van der Waals surface area contributed by atoms with Gasteiger partial charge < -0.3 is 10.1 Å². The van der Waals surface area contributed by atoms with Crippen molar-refractivity contribution in [2.75, 3.05) is 11.9 Å². The number of nitrogens with one attached hydrogen (secondary N) is 1. The van der Waals surface area contributed by atoms with E-state index in [1.807, 2.05) is 0 Å². The second-order valence-electron chi connectivity index (χ2n) is 7.30. The smallest absolute Gasteiger partial charge is 0.306 e. The zero-order valence-corrected chi connectivity index (χ0v) is 16.0. The molecule has 140 valence electrons. The van der Waals surface area contributed by atoms with Crippen LogP contribution in [0.3, 0.4) is 0 Å². The van der Waals surface area contributed by atoms with Crippen molar-refractivity contribution in [2.24, 2.45) is 5.92 Å². The number of aryl methyl sites for hydroxylation is 1. The molecular weight excluding hydrogens is 348 g/mol. The van der Waals surface area contributed by atoms with E-state index >= 15 is 0 Å². The van der Waals surface area contributed by atoms with Crippen molar-refractivity contribution in [1.29, 1.82) is 5.26 Å². The minimum atomic E-state index is -0.366. The second-order valence-corrected chi connectivity index (χ2v) is 8.40. The van der Waals surface area contributed by atoms with Gasteiger partial charge in [0.05, 0.1) is 5.56 Å². The zero-order chi connectivity index (χ0) is 18.4. The molecule has 2 aliphatic carbocycles. The zero-order valence-electron chi connectivity index (χ0n) is 15.1. The van der Waals surface area contributed by atoms with Gasteiger partial charge in [0.1, 0.15) is 11.1 Å². The molecular formula is C20H26N2O3S. The Hall–Kier alpha value is -1.87. The number of carbonyl (C=O) groups is 2. The van der Waals surface area contributed by atoms with Crippen LogP contribution in [-0.4, -0.2) is 18.5 Å². The first-order valence-electron chi connectivity index (χ1n) is 9.67. The maximum atomic E-state index is 12.2. The molecule has 1 N–H and O–H groups in total. The molecule has 1 saturated carbocycles. The Morgan fingerprint density at radius 2 is 1.85 bits per heavy atom. The number of esters is 1. The van der Waals surface area contributed by atoms with Gasteiger partial charge in [-0.3, -0.25) is 9.59 Å².